The predicted octanol–water partition coefficient (Wildman–Crippen LogP) is -1.70. The Morgan fingerprint density at radius 2 is 1.21 bits per heavy atom. The Morgan fingerprint density at radius 1 is 0.758 bits per heavy atom. The summed E-state index contributed by atoms with van der Waals surface area (Å²) >= 11 is 0. The maximum atomic E-state index is 12.7. The first-order valence-electron chi connectivity index (χ1n) is 10.6. The standard InChI is InChI=1S/C20H35N5O8/c1-5-9(3)15(22)19(31)24-11(7-13(21)26)17(29)23-12(8-14(27)28)18(30)25-16(20(32)33)10(4)6-2/h9-12,15-16H,5-8,22H2,1-4H3,(H2,21,26)(H,23,29)(H,24,31)(H,25,30)(H,27,28)(H,32,33). The second-order valence-electron chi connectivity index (χ2n) is 8.01. The van der Waals surface area contributed by atoms with Crippen LogP contribution in [-0.2, 0) is 28.8 Å². The van der Waals surface area contributed by atoms with Crippen LogP contribution in [0.15, 0.2) is 0 Å². The van der Waals surface area contributed by atoms with Gasteiger partial charge in [0.1, 0.15) is 18.1 Å². The van der Waals surface area contributed by atoms with Crippen LogP contribution in [0.4, 0.5) is 0 Å². The number of rotatable bonds is 15. The Bertz CT molecular complexity index is 744. The first-order chi connectivity index (χ1) is 15.2. The van der Waals surface area contributed by atoms with E-state index >= 15 is 0 Å². The molecule has 0 radical (unpaired) electrons. The summed E-state index contributed by atoms with van der Waals surface area (Å²) in [5, 5.41) is 25.1. The van der Waals surface area contributed by atoms with Crippen molar-refractivity contribution in [2.45, 2.75) is 77.5 Å². The number of hydrogen-bond acceptors (Lipinski definition) is 7. The highest BCUT2D eigenvalue weighted by molar-refractivity contribution is 5.97. The minimum Gasteiger partial charge on any atom is -0.481 e. The maximum Gasteiger partial charge on any atom is 0.326 e. The van der Waals surface area contributed by atoms with Gasteiger partial charge in [0, 0.05) is 0 Å². The molecule has 0 aliphatic rings. The fraction of sp³-hybridized carbons (Fsp3) is 0.700. The van der Waals surface area contributed by atoms with Crippen molar-refractivity contribution in [2.24, 2.45) is 23.3 Å². The molecule has 6 atom stereocenters. The Labute approximate surface area is 192 Å². The number of carboxylic acid groups (broad SMARTS) is 2. The number of carboxylic acids is 2. The van der Waals surface area contributed by atoms with E-state index in [-0.39, 0.29) is 5.92 Å². The molecule has 0 saturated heterocycles. The van der Waals surface area contributed by atoms with E-state index in [0.717, 1.165) is 0 Å². The molecule has 13 heteroatoms. The van der Waals surface area contributed by atoms with Gasteiger partial charge in [0.05, 0.1) is 18.9 Å². The summed E-state index contributed by atoms with van der Waals surface area (Å²) in [6.07, 6.45) is -0.510. The molecule has 4 amide bonds. The van der Waals surface area contributed by atoms with Crippen molar-refractivity contribution < 1.29 is 39.0 Å². The van der Waals surface area contributed by atoms with Gasteiger partial charge in [0.25, 0.3) is 0 Å². The number of amides is 4. The third kappa shape index (κ3) is 10.3. The lowest BCUT2D eigenvalue weighted by Crippen LogP contribution is -2.59. The van der Waals surface area contributed by atoms with Gasteiger partial charge in [-0.1, -0.05) is 40.5 Å². The first kappa shape index (κ1) is 29.8. The molecule has 13 nitrogen and oxygen atoms in total. The van der Waals surface area contributed by atoms with Crippen molar-refractivity contribution in [1.82, 2.24) is 16.0 Å². The van der Waals surface area contributed by atoms with Crippen molar-refractivity contribution in [1.29, 1.82) is 0 Å². The summed E-state index contributed by atoms with van der Waals surface area (Å²) in [7, 11) is 0. The number of nitrogens with two attached hydrogens (primary N) is 2. The van der Waals surface area contributed by atoms with Crippen molar-refractivity contribution in [3.63, 3.8) is 0 Å². The number of carbonyl (C=O) groups is 6. The van der Waals surface area contributed by atoms with Crippen LogP contribution in [0.3, 0.4) is 0 Å². The van der Waals surface area contributed by atoms with Gasteiger partial charge in [-0.3, -0.25) is 24.0 Å². The van der Waals surface area contributed by atoms with Gasteiger partial charge in [0.2, 0.25) is 23.6 Å². The Balaban J connectivity index is 5.63. The molecule has 0 heterocycles. The Hall–Kier alpha value is -3.22. The molecule has 0 fully saturated rings. The smallest absolute Gasteiger partial charge is 0.326 e. The van der Waals surface area contributed by atoms with Crippen molar-refractivity contribution in [3.8, 4) is 0 Å². The summed E-state index contributed by atoms with van der Waals surface area (Å²) in [5.74, 6) is -7.23. The van der Waals surface area contributed by atoms with E-state index in [1.807, 2.05) is 6.92 Å². The summed E-state index contributed by atoms with van der Waals surface area (Å²) in [4.78, 5) is 71.8. The number of nitrogens with one attached hydrogen (secondary N) is 3. The van der Waals surface area contributed by atoms with Crippen LogP contribution in [0, 0.1) is 11.8 Å². The minimum atomic E-state index is -1.67. The van der Waals surface area contributed by atoms with Crippen LogP contribution >= 0.6 is 0 Å². The molecule has 6 unspecified atom stereocenters. The molecule has 188 valence electrons. The molecule has 0 aromatic heterocycles. The molecule has 0 rings (SSSR count). The monoisotopic (exact) mass is 473 g/mol. The average molecular weight is 474 g/mol. The van der Waals surface area contributed by atoms with E-state index < -0.39 is 78.5 Å². The van der Waals surface area contributed by atoms with E-state index in [9.17, 15) is 33.9 Å². The topological polar surface area (TPSA) is 231 Å². The lowest BCUT2D eigenvalue weighted by Gasteiger charge is -2.26. The van der Waals surface area contributed by atoms with E-state index in [4.69, 9.17) is 16.6 Å². The highest BCUT2D eigenvalue weighted by Gasteiger charge is 2.33. The van der Waals surface area contributed by atoms with Crippen molar-refractivity contribution in [3.05, 3.63) is 0 Å². The Morgan fingerprint density at radius 3 is 1.64 bits per heavy atom. The number of hydrogen-bond donors (Lipinski definition) is 7. The molecule has 0 aliphatic heterocycles. The predicted molar refractivity (Wildman–Crippen MR) is 116 cm³/mol. The SMILES string of the molecule is CCC(C)C(N)C(=O)NC(CC(N)=O)C(=O)NC(CC(=O)O)C(=O)NC(C(=O)O)C(C)CC. The summed E-state index contributed by atoms with van der Waals surface area (Å²) in [6, 6.07) is -5.48. The number of primary amides is 1. The molecule has 33 heavy (non-hydrogen) atoms. The van der Waals surface area contributed by atoms with Gasteiger partial charge in [-0.2, -0.15) is 0 Å². The van der Waals surface area contributed by atoms with Gasteiger partial charge in [0.15, 0.2) is 0 Å². The van der Waals surface area contributed by atoms with Gasteiger partial charge in [-0.15, -0.1) is 0 Å². The van der Waals surface area contributed by atoms with Gasteiger partial charge >= 0.3 is 11.9 Å². The van der Waals surface area contributed by atoms with Crippen molar-refractivity contribution >= 4 is 35.6 Å². The largest absolute Gasteiger partial charge is 0.481 e. The quantitative estimate of drug-likeness (QED) is 0.143. The van der Waals surface area contributed by atoms with E-state index in [2.05, 4.69) is 16.0 Å². The van der Waals surface area contributed by atoms with Gasteiger partial charge in [-0.05, 0) is 11.8 Å². The number of carbonyl (C=O) groups excluding carboxylic acids is 4. The summed E-state index contributed by atoms with van der Waals surface area (Å²) < 4.78 is 0. The number of aliphatic carboxylic acids is 2. The molecule has 0 aromatic carbocycles. The zero-order chi connectivity index (χ0) is 25.9. The van der Waals surface area contributed by atoms with Crippen LogP contribution in [0.2, 0.25) is 0 Å². The van der Waals surface area contributed by atoms with Crippen LogP contribution in [0.1, 0.15) is 53.4 Å². The van der Waals surface area contributed by atoms with Crippen LogP contribution in [-0.4, -0.2) is 69.9 Å². The van der Waals surface area contributed by atoms with Crippen LogP contribution in [0.5, 0.6) is 0 Å². The minimum absolute atomic E-state index is 0.235. The molecule has 0 spiro atoms. The zero-order valence-corrected chi connectivity index (χ0v) is 19.3. The average Bonchev–Trinajstić information content (AvgIpc) is 2.73. The highest BCUT2D eigenvalue weighted by atomic mass is 16.4. The second kappa shape index (κ2) is 14.0. The van der Waals surface area contributed by atoms with E-state index in [1.165, 1.54) is 0 Å². The molecule has 9 N–H and O–H groups in total. The fourth-order valence-corrected chi connectivity index (χ4v) is 2.78. The Kier molecular flexibility index (Phi) is 12.7. The normalized spacial score (nSPS) is 16.3. The molecule has 0 saturated carbocycles. The first-order valence-corrected chi connectivity index (χ1v) is 10.6. The zero-order valence-electron chi connectivity index (χ0n) is 19.3. The summed E-state index contributed by atoms with van der Waals surface area (Å²) in [6.45, 7) is 6.83. The lowest BCUT2D eigenvalue weighted by atomic mass is 9.98. The maximum absolute atomic E-state index is 12.7. The van der Waals surface area contributed by atoms with Crippen molar-refractivity contribution in [2.75, 3.05) is 0 Å². The van der Waals surface area contributed by atoms with E-state index in [1.54, 1.807) is 20.8 Å². The molecule has 0 aromatic rings. The molecular weight excluding hydrogens is 438 g/mol. The molecule has 0 bridgehead atoms. The highest BCUT2D eigenvalue weighted by Crippen LogP contribution is 2.09. The fourth-order valence-electron chi connectivity index (χ4n) is 2.78. The van der Waals surface area contributed by atoms with E-state index in [0.29, 0.717) is 12.8 Å². The van der Waals surface area contributed by atoms with Gasteiger partial charge < -0.3 is 37.6 Å². The third-order valence-electron chi connectivity index (χ3n) is 5.39. The van der Waals surface area contributed by atoms with Gasteiger partial charge in [-0.25, -0.2) is 4.79 Å². The summed E-state index contributed by atoms with van der Waals surface area (Å²) in [5.41, 5.74) is 11.0. The van der Waals surface area contributed by atoms with Crippen LogP contribution in [0.25, 0.3) is 0 Å². The van der Waals surface area contributed by atoms with Crippen LogP contribution < -0.4 is 27.4 Å². The lowest BCUT2D eigenvalue weighted by molar-refractivity contribution is -0.145. The second-order valence-corrected chi connectivity index (χ2v) is 8.01. The molecule has 0 aliphatic carbocycles. The third-order valence-corrected chi connectivity index (χ3v) is 5.39. The molecular formula is C20H35N5O8.